The minimum Gasteiger partial charge on any atom is -0.456 e. The summed E-state index contributed by atoms with van der Waals surface area (Å²) in [5.41, 5.74) is -7.52. The summed E-state index contributed by atoms with van der Waals surface area (Å²) in [6, 6.07) is -26.9. The number of furan rings is 1. The second kappa shape index (κ2) is 10.4. The first-order valence-corrected chi connectivity index (χ1v) is 13.2. The molecular weight excluding hydrogens is 544 g/mol. The average Bonchev–Trinajstić information content (AvgIpc) is 3.76. The lowest BCUT2D eigenvalue weighted by Crippen LogP contribution is -1.91. The summed E-state index contributed by atoms with van der Waals surface area (Å²) in [6.07, 6.45) is 0. The van der Waals surface area contributed by atoms with Gasteiger partial charge in [0, 0.05) is 10.8 Å². The van der Waals surface area contributed by atoms with Crippen LogP contribution in [0.3, 0.4) is 0 Å². The third kappa shape index (κ3) is 4.17. The predicted molar refractivity (Wildman–Crippen MR) is 190 cm³/mol. The first-order valence-electron chi connectivity index (χ1n) is 27.2. The summed E-state index contributed by atoms with van der Waals surface area (Å²) in [5.74, 6) is 0. The van der Waals surface area contributed by atoms with Gasteiger partial charge < -0.3 is 4.42 Å². The molecule has 1 heterocycles. The second-order valence-corrected chi connectivity index (χ2v) is 9.51. The van der Waals surface area contributed by atoms with E-state index in [2.05, 4.69) is 0 Å². The Balaban J connectivity index is 1.54. The molecule has 0 aliphatic rings. The highest BCUT2D eigenvalue weighted by Crippen LogP contribution is 2.45. The van der Waals surface area contributed by atoms with E-state index in [1.807, 2.05) is 0 Å². The van der Waals surface area contributed by atoms with Gasteiger partial charge >= 0.3 is 0 Å². The number of fused-ring (bicyclic) bond motifs is 5. The molecule has 0 aliphatic carbocycles. The number of hydrogen-bond acceptors (Lipinski definition) is 1. The van der Waals surface area contributed by atoms with Crippen LogP contribution in [0.4, 0.5) is 0 Å². The van der Waals surface area contributed by atoms with Gasteiger partial charge in [0.25, 0.3) is 0 Å². The molecule has 0 aliphatic heterocycles. The van der Waals surface area contributed by atoms with Crippen LogP contribution in [0.25, 0.3) is 88.0 Å². The van der Waals surface area contributed by atoms with Gasteiger partial charge in [-0.25, -0.2) is 0 Å². The Morgan fingerprint density at radius 2 is 0.822 bits per heavy atom. The summed E-state index contributed by atoms with van der Waals surface area (Å²) in [6.45, 7) is 0. The van der Waals surface area contributed by atoms with Crippen molar-refractivity contribution in [1.29, 1.82) is 0 Å². The summed E-state index contributed by atoms with van der Waals surface area (Å²) in [4.78, 5) is 0. The smallest absolute Gasteiger partial charge is 0.136 e. The molecule has 0 saturated carbocycles. The maximum absolute atomic E-state index is 9.59. The molecule has 0 fully saturated rings. The minimum absolute atomic E-state index is 0.440. The molecule has 0 saturated heterocycles. The van der Waals surface area contributed by atoms with Crippen LogP contribution in [0.2, 0.25) is 0 Å². The molecule has 0 unspecified atom stereocenters. The van der Waals surface area contributed by atoms with E-state index in [9.17, 15) is 13.7 Å². The molecule has 210 valence electrons. The van der Waals surface area contributed by atoms with E-state index in [1.54, 1.807) is 0 Å². The molecule has 0 spiro atoms. The quantitative estimate of drug-likeness (QED) is 0.183. The Morgan fingerprint density at radius 3 is 1.51 bits per heavy atom. The molecule has 45 heavy (non-hydrogen) atoms. The van der Waals surface area contributed by atoms with Crippen molar-refractivity contribution in [3.63, 3.8) is 0 Å². The fraction of sp³-hybridized carbons (Fsp3) is 0. The Labute approximate surface area is 301 Å². The zero-order valence-corrected chi connectivity index (χ0v) is 22.4. The predicted octanol–water partition coefficient (Wildman–Crippen LogP) is 12.6. The van der Waals surface area contributed by atoms with E-state index < -0.39 is 257 Å². The lowest BCUT2D eigenvalue weighted by molar-refractivity contribution is 0.669. The van der Waals surface area contributed by atoms with Crippen LogP contribution in [0, 0.1) is 0 Å². The van der Waals surface area contributed by atoms with Crippen molar-refractivity contribution in [1.82, 2.24) is 0 Å². The number of hydrogen-bond donors (Lipinski definition) is 0. The molecular formula is C44H28O. The van der Waals surface area contributed by atoms with E-state index in [0.717, 1.165) is 0 Å². The Hall–Kier alpha value is -5.92. The number of para-hydroxylation sites is 1. The van der Waals surface area contributed by atoms with Crippen molar-refractivity contribution in [2.24, 2.45) is 0 Å². The average molecular weight is 601 g/mol. The molecule has 0 amide bonds. The Bertz CT molecular complexity index is 3980. The van der Waals surface area contributed by atoms with Gasteiger partial charge in [-0.3, -0.25) is 0 Å². The molecule has 9 aromatic rings. The zero-order chi connectivity index (χ0) is 54.1. The molecule has 1 aromatic heterocycles. The normalized spacial score (nSPS) is 20.3. The molecule has 9 rings (SSSR count). The maximum Gasteiger partial charge on any atom is 0.136 e. The third-order valence-corrected chi connectivity index (χ3v) is 7.07. The topological polar surface area (TPSA) is 13.1 Å². The largest absolute Gasteiger partial charge is 0.456 e. The SMILES string of the molecule is [2H]c1c([2H])c([2H])c(-c2c([2H])c([2H])c([2H])c(-c3c4c([2H])c([2H])c([2H])c([2H])c4c(-c4c([2H])c([2H])c(-c5c([2H])c([2H])c([2H])c6oc7c([2H])c([2H])c([2H])c([2H])c7c56)c([2H])c4[2H])c4c([2H])c([2H])c([2H])c([2H])c34)c2[2H])c([2H])c1[2H]. The summed E-state index contributed by atoms with van der Waals surface area (Å²) < 4.78 is 255. The van der Waals surface area contributed by atoms with E-state index >= 15 is 0 Å². The molecule has 0 bridgehead atoms. The first kappa shape index (κ1) is 10.1. The number of benzene rings is 8. The van der Waals surface area contributed by atoms with Gasteiger partial charge in [0.1, 0.15) is 11.2 Å². The highest BCUT2D eigenvalue weighted by atomic mass is 16.3. The molecule has 0 N–H and O–H groups in total. The van der Waals surface area contributed by atoms with Crippen LogP contribution in [-0.2, 0) is 0 Å². The van der Waals surface area contributed by atoms with Crippen molar-refractivity contribution in [2.45, 2.75) is 0 Å². The molecule has 1 heteroatoms. The van der Waals surface area contributed by atoms with Crippen LogP contribution in [0.1, 0.15) is 38.4 Å². The third-order valence-electron chi connectivity index (χ3n) is 7.07. The Morgan fingerprint density at radius 1 is 0.333 bits per heavy atom. The van der Waals surface area contributed by atoms with E-state index in [1.165, 1.54) is 0 Å². The van der Waals surface area contributed by atoms with Crippen LogP contribution in [-0.4, -0.2) is 0 Å². The van der Waals surface area contributed by atoms with Gasteiger partial charge in [-0.2, -0.15) is 0 Å². The highest BCUT2D eigenvalue weighted by molar-refractivity contribution is 6.21. The van der Waals surface area contributed by atoms with Crippen molar-refractivity contribution in [3.05, 3.63) is 169 Å². The molecule has 1 nitrogen and oxygen atoms in total. The Kier molecular flexibility index (Phi) is 2.32. The van der Waals surface area contributed by atoms with Gasteiger partial charge in [-0.05, 0) is 84.2 Å². The monoisotopic (exact) mass is 600 g/mol. The van der Waals surface area contributed by atoms with Gasteiger partial charge in [0.15, 0.2) is 0 Å². The lowest BCUT2D eigenvalue weighted by Gasteiger charge is -2.18. The maximum atomic E-state index is 9.59. The zero-order valence-electron chi connectivity index (χ0n) is 50.4. The lowest BCUT2D eigenvalue weighted by atomic mass is 9.85. The van der Waals surface area contributed by atoms with Crippen molar-refractivity contribution < 1.29 is 42.8 Å². The van der Waals surface area contributed by atoms with Crippen LogP contribution in [0.5, 0.6) is 0 Å². The van der Waals surface area contributed by atoms with Crippen LogP contribution in [0.15, 0.2) is 174 Å². The number of rotatable bonds is 4. The summed E-state index contributed by atoms with van der Waals surface area (Å²) in [5, 5.41) is -4.05. The second-order valence-electron chi connectivity index (χ2n) is 9.51. The fourth-order valence-corrected chi connectivity index (χ4v) is 5.20. The van der Waals surface area contributed by atoms with Crippen molar-refractivity contribution in [3.8, 4) is 44.5 Å². The summed E-state index contributed by atoms with van der Waals surface area (Å²) in [7, 11) is 0. The minimum atomic E-state index is -1.10. The van der Waals surface area contributed by atoms with Gasteiger partial charge in [-0.1, -0.05) is 151 Å². The highest BCUT2D eigenvalue weighted by Gasteiger charge is 2.18. The van der Waals surface area contributed by atoms with E-state index in [-0.39, 0.29) is 0 Å². The van der Waals surface area contributed by atoms with Gasteiger partial charge in [-0.15, -0.1) is 0 Å². The standard InChI is InChI=1S/C44H28O/c1-2-12-29(13-3-1)32-14-10-15-33(28-32)43-37-18-6-4-16-35(37)42(36-17-5-7-19-38(36)43)31-26-24-30(25-27-31)34-21-11-23-41-44(34)39-20-8-9-22-40(39)45-41/h1-28H/i1D,2D,3D,4D,5D,6D,7D,8D,9D,10D,11D,12D,13D,14D,15D,16D,17D,18D,19D,20D,21D,22D,23D,24D,25D,26D,27D,28D. The van der Waals surface area contributed by atoms with E-state index in [4.69, 9.17) is 29.1 Å². The molecule has 0 atom stereocenters. The van der Waals surface area contributed by atoms with Crippen molar-refractivity contribution >= 4 is 43.5 Å². The van der Waals surface area contributed by atoms with Crippen LogP contribution >= 0.6 is 0 Å². The van der Waals surface area contributed by atoms with E-state index in [0.29, 0.717) is 0 Å². The van der Waals surface area contributed by atoms with Gasteiger partial charge in [0.2, 0.25) is 0 Å². The molecule has 0 radical (unpaired) electrons. The first-order chi connectivity index (χ1) is 34.0. The van der Waals surface area contributed by atoms with Crippen molar-refractivity contribution in [2.75, 3.05) is 0 Å². The van der Waals surface area contributed by atoms with Gasteiger partial charge in [0.05, 0.1) is 38.4 Å². The van der Waals surface area contributed by atoms with Crippen LogP contribution < -0.4 is 0 Å². The summed E-state index contributed by atoms with van der Waals surface area (Å²) >= 11 is 0. The fourth-order valence-electron chi connectivity index (χ4n) is 5.20. The molecule has 8 aromatic carbocycles.